The molecule has 5 nitrogen and oxygen atoms in total. The summed E-state index contributed by atoms with van der Waals surface area (Å²) in [6, 6.07) is 0. The summed E-state index contributed by atoms with van der Waals surface area (Å²) >= 11 is 0. The maximum Gasteiger partial charge on any atom is 0.228 e. The molecule has 0 unspecified atom stereocenters. The Balaban J connectivity index is 1.60. The van der Waals surface area contributed by atoms with Crippen LogP contribution >= 0.6 is 0 Å². The summed E-state index contributed by atoms with van der Waals surface area (Å²) in [4.78, 5) is 17.4. The second-order valence-corrected chi connectivity index (χ2v) is 7.72. The second kappa shape index (κ2) is 7.49. The van der Waals surface area contributed by atoms with Crippen LogP contribution in [0.4, 0.5) is 0 Å². The molecule has 3 fully saturated rings. The first-order chi connectivity index (χ1) is 11.2. The summed E-state index contributed by atoms with van der Waals surface area (Å²) in [5, 5.41) is 0. The lowest BCUT2D eigenvalue weighted by molar-refractivity contribution is -0.134. The third kappa shape index (κ3) is 3.57. The predicted molar refractivity (Wildman–Crippen MR) is 89.3 cm³/mol. The van der Waals surface area contributed by atoms with E-state index in [0.29, 0.717) is 19.8 Å². The molecule has 0 bridgehead atoms. The number of piperidine rings is 1. The number of amides is 1. The van der Waals surface area contributed by atoms with E-state index in [1.165, 1.54) is 25.8 Å². The minimum absolute atomic E-state index is 0.0372. The molecular formula is C18H32N2O3. The Morgan fingerprint density at radius 1 is 1.17 bits per heavy atom. The molecule has 1 amide bonds. The molecule has 2 heterocycles. The van der Waals surface area contributed by atoms with Gasteiger partial charge >= 0.3 is 0 Å². The van der Waals surface area contributed by atoms with Crippen molar-refractivity contribution < 1.29 is 14.3 Å². The highest BCUT2D eigenvalue weighted by atomic mass is 16.5. The lowest BCUT2D eigenvalue weighted by Crippen LogP contribution is -2.47. The highest BCUT2D eigenvalue weighted by Gasteiger charge is 2.52. The van der Waals surface area contributed by atoms with Crippen molar-refractivity contribution in [3.05, 3.63) is 0 Å². The first-order valence-electron chi connectivity index (χ1n) is 9.17. The van der Waals surface area contributed by atoms with Gasteiger partial charge in [0.25, 0.3) is 0 Å². The number of carbonyl (C=O) groups excluding carboxylic acids is 1. The van der Waals surface area contributed by atoms with Crippen molar-refractivity contribution in [2.45, 2.75) is 32.1 Å². The molecule has 3 rings (SSSR count). The molecule has 0 aromatic rings. The summed E-state index contributed by atoms with van der Waals surface area (Å²) < 4.78 is 10.6. The number of nitrogens with zero attached hydrogens (tertiary/aromatic N) is 2. The maximum atomic E-state index is 12.8. The quantitative estimate of drug-likeness (QED) is 0.714. The third-order valence-corrected chi connectivity index (χ3v) is 6.35. The number of hydrogen-bond acceptors (Lipinski definition) is 4. The second-order valence-electron chi connectivity index (χ2n) is 7.72. The van der Waals surface area contributed by atoms with Gasteiger partial charge in [-0.3, -0.25) is 4.79 Å². The zero-order chi connectivity index (χ0) is 16.3. The Morgan fingerprint density at radius 2 is 1.91 bits per heavy atom. The minimum Gasteiger partial charge on any atom is -0.384 e. The molecule has 0 radical (unpaired) electrons. The van der Waals surface area contributed by atoms with Gasteiger partial charge in [0.2, 0.25) is 5.91 Å². The van der Waals surface area contributed by atoms with Crippen molar-refractivity contribution in [1.29, 1.82) is 0 Å². The van der Waals surface area contributed by atoms with Gasteiger partial charge in [0.15, 0.2) is 0 Å². The van der Waals surface area contributed by atoms with Crippen molar-refractivity contribution in [3.63, 3.8) is 0 Å². The van der Waals surface area contributed by atoms with E-state index in [1.807, 2.05) is 4.90 Å². The average molecular weight is 324 g/mol. The fraction of sp³-hybridized carbons (Fsp3) is 0.944. The molecule has 2 aliphatic heterocycles. The van der Waals surface area contributed by atoms with E-state index in [4.69, 9.17) is 9.47 Å². The van der Waals surface area contributed by atoms with Crippen LogP contribution in [0.5, 0.6) is 0 Å². The SMILES string of the molecule is COCCN1CC2(CCN(CC3CCC3)CC2)[C@@H](COC)C1=O. The molecule has 1 saturated carbocycles. The third-order valence-electron chi connectivity index (χ3n) is 6.35. The summed E-state index contributed by atoms with van der Waals surface area (Å²) in [6.07, 6.45) is 6.50. The largest absolute Gasteiger partial charge is 0.384 e. The van der Waals surface area contributed by atoms with Crippen LogP contribution in [0, 0.1) is 17.3 Å². The van der Waals surface area contributed by atoms with E-state index in [9.17, 15) is 4.79 Å². The van der Waals surface area contributed by atoms with Crippen molar-refractivity contribution in [3.8, 4) is 0 Å². The molecule has 132 valence electrons. The van der Waals surface area contributed by atoms with E-state index < -0.39 is 0 Å². The van der Waals surface area contributed by atoms with Crippen molar-refractivity contribution >= 4 is 5.91 Å². The Bertz CT molecular complexity index is 403. The Morgan fingerprint density at radius 3 is 2.48 bits per heavy atom. The molecule has 0 aromatic carbocycles. The monoisotopic (exact) mass is 324 g/mol. The van der Waals surface area contributed by atoms with Gasteiger partial charge in [-0.05, 0) is 44.7 Å². The average Bonchev–Trinajstić information content (AvgIpc) is 2.77. The van der Waals surface area contributed by atoms with Crippen molar-refractivity contribution in [1.82, 2.24) is 9.80 Å². The minimum atomic E-state index is 0.0372. The number of ether oxygens (including phenoxy) is 2. The summed E-state index contributed by atoms with van der Waals surface area (Å²) in [6.45, 7) is 6.33. The normalized spacial score (nSPS) is 28.5. The van der Waals surface area contributed by atoms with Gasteiger partial charge in [-0.2, -0.15) is 0 Å². The Kier molecular flexibility index (Phi) is 5.60. The van der Waals surface area contributed by atoms with Gasteiger partial charge in [0.05, 0.1) is 19.1 Å². The molecule has 3 aliphatic rings. The molecule has 2 saturated heterocycles. The molecule has 0 N–H and O–H groups in total. The fourth-order valence-corrected chi connectivity index (χ4v) is 4.58. The zero-order valence-corrected chi connectivity index (χ0v) is 14.8. The molecule has 0 aromatic heterocycles. The van der Waals surface area contributed by atoms with E-state index >= 15 is 0 Å². The predicted octanol–water partition coefficient (Wildman–Crippen LogP) is 1.62. The van der Waals surface area contributed by atoms with Gasteiger partial charge < -0.3 is 19.3 Å². The fourth-order valence-electron chi connectivity index (χ4n) is 4.58. The van der Waals surface area contributed by atoms with Gasteiger partial charge in [0, 0.05) is 39.3 Å². The van der Waals surface area contributed by atoms with E-state index in [2.05, 4.69) is 4.90 Å². The highest BCUT2D eigenvalue weighted by molar-refractivity contribution is 5.82. The molecule has 5 heteroatoms. The van der Waals surface area contributed by atoms with Crippen LogP contribution in [0.1, 0.15) is 32.1 Å². The molecular weight excluding hydrogens is 292 g/mol. The lowest BCUT2D eigenvalue weighted by atomic mass is 9.70. The van der Waals surface area contributed by atoms with Crippen LogP contribution in [-0.4, -0.2) is 75.9 Å². The number of hydrogen-bond donors (Lipinski definition) is 0. The van der Waals surface area contributed by atoms with Crippen molar-refractivity contribution in [2.75, 3.05) is 60.2 Å². The molecule has 1 aliphatic carbocycles. The standard InChI is InChI=1S/C18H32N2O3/c1-22-11-10-20-14-18(16(13-23-2)17(20)21)6-8-19(9-7-18)12-15-4-3-5-15/h15-16H,3-14H2,1-2H3/t16-/m0/s1. The number of rotatable bonds is 7. The summed E-state index contributed by atoms with van der Waals surface area (Å²) in [5.74, 6) is 1.24. The van der Waals surface area contributed by atoms with E-state index in [0.717, 1.165) is 38.4 Å². The molecule has 1 atom stereocenters. The van der Waals surface area contributed by atoms with Crippen LogP contribution in [0.3, 0.4) is 0 Å². The topological polar surface area (TPSA) is 42.0 Å². The Hall–Kier alpha value is -0.650. The van der Waals surface area contributed by atoms with Crippen LogP contribution in [0.25, 0.3) is 0 Å². The Labute approximate surface area is 140 Å². The smallest absolute Gasteiger partial charge is 0.228 e. The van der Waals surface area contributed by atoms with Crippen LogP contribution < -0.4 is 0 Å². The van der Waals surface area contributed by atoms with Gasteiger partial charge in [-0.25, -0.2) is 0 Å². The zero-order valence-electron chi connectivity index (χ0n) is 14.8. The van der Waals surface area contributed by atoms with Gasteiger partial charge in [-0.15, -0.1) is 0 Å². The number of methoxy groups -OCH3 is 2. The van der Waals surface area contributed by atoms with Gasteiger partial charge in [-0.1, -0.05) is 6.42 Å². The number of carbonyl (C=O) groups is 1. The van der Waals surface area contributed by atoms with E-state index in [1.54, 1.807) is 14.2 Å². The maximum absolute atomic E-state index is 12.8. The van der Waals surface area contributed by atoms with Crippen LogP contribution in [0.15, 0.2) is 0 Å². The van der Waals surface area contributed by atoms with E-state index in [-0.39, 0.29) is 17.2 Å². The lowest BCUT2D eigenvalue weighted by Gasteiger charge is -2.43. The van der Waals surface area contributed by atoms with Crippen molar-refractivity contribution in [2.24, 2.45) is 17.3 Å². The summed E-state index contributed by atoms with van der Waals surface area (Å²) in [7, 11) is 3.41. The first kappa shape index (κ1) is 17.2. The summed E-state index contributed by atoms with van der Waals surface area (Å²) in [5.41, 5.74) is 0.122. The first-order valence-corrected chi connectivity index (χ1v) is 9.17. The molecule has 23 heavy (non-hydrogen) atoms. The van der Waals surface area contributed by atoms with Crippen LogP contribution in [0.2, 0.25) is 0 Å². The van der Waals surface area contributed by atoms with Crippen LogP contribution in [-0.2, 0) is 14.3 Å². The van der Waals surface area contributed by atoms with Gasteiger partial charge in [0.1, 0.15) is 0 Å². The number of likely N-dealkylation sites (tertiary alicyclic amines) is 2. The highest BCUT2D eigenvalue weighted by Crippen LogP contribution is 2.45. The molecule has 1 spiro atoms.